The molecule has 0 unspecified atom stereocenters. The number of carbonyl (C=O) groups is 1. The van der Waals surface area contributed by atoms with Gasteiger partial charge in [-0.1, -0.05) is 24.3 Å². The zero-order valence-corrected chi connectivity index (χ0v) is 16.3. The topological polar surface area (TPSA) is 76.9 Å². The molecule has 0 bridgehead atoms. The largest absolute Gasteiger partial charge is 0.309 e. The predicted molar refractivity (Wildman–Crippen MR) is 112 cm³/mol. The van der Waals surface area contributed by atoms with E-state index in [9.17, 15) is 9.59 Å². The predicted octanol–water partition coefficient (Wildman–Crippen LogP) is 3.78. The molecule has 0 saturated heterocycles. The van der Waals surface area contributed by atoms with E-state index in [2.05, 4.69) is 28.3 Å². The number of rotatable bonds is 4. The van der Waals surface area contributed by atoms with Gasteiger partial charge in [0.05, 0.1) is 11.7 Å². The highest BCUT2D eigenvalue weighted by atomic mass is 32.1. The smallest absolute Gasteiger partial charge is 0.263 e. The first-order chi connectivity index (χ1) is 13.5. The van der Waals surface area contributed by atoms with Crippen LogP contribution in [0.3, 0.4) is 0 Å². The van der Waals surface area contributed by atoms with E-state index in [4.69, 9.17) is 0 Å². The second-order valence-electron chi connectivity index (χ2n) is 6.57. The Morgan fingerprint density at radius 2 is 2.00 bits per heavy atom. The maximum Gasteiger partial charge on any atom is 0.263 e. The van der Waals surface area contributed by atoms with Crippen molar-refractivity contribution in [3.63, 3.8) is 0 Å². The van der Waals surface area contributed by atoms with Gasteiger partial charge in [-0.15, -0.1) is 11.3 Å². The molecule has 1 amide bonds. The fourth-order valence-corrected chi connectivity index (χ4v) is 3.88. The number of nitrogens with zero attached hydrogens (tertiary/aromatic N) is 3. The van der Waals surface area contributed by atoms with Crippen LogP contribution in [0.5, 0.6) is 0 Å². The van der Waals surface area contributed by atoms with Crippen LogP contribution in [-0.4, -0.2) is 20.4 Å². The summed E-state index contributed by atoms with van der Waals surface area (Å²) < 4.78 is 1.33. The average Bonchev–Trinajstić information content (AvgIpc) is 3.12. The molecule has 4 rings (SSSR count). The van der Waals surface area contributed by atoms with Crippen LogP contribution < -0.4 is 10.9 Å². The van der Waals surface area contributed by atoms with Crippen LogP contribution in [0, 0.1) is 13.8 Å². The second kappa shape index (κ2) is 7.36. The summed E-state index contributed by atoms with van der Waals surface area (Å²) in [6.07, 6.45) is 3.01. The van der Waals surface area contributed by atoms with E-state index in [1.54, 1.807) is 24.4 Å². The zero-order chi connectivity index (χ0) is 19.7. The highest BCUT2D eigenvalue weighted by Crippen LogP contribution is 2.31. The molecular formula is C21H18N4O2S. The van der Waals surface area contributed by atoms with Gasteiger partial charge in [0.15, 0.2) is 0 Å². The summed E-state index contributed by atoms with van der Waals surface area (Å²) in [5.41, 5.74) is 3.96. The highest BCUT2D eigenvalue weighted by molar-refractivity contribution is 7.17. The van der Waals surface area contributed by atoms with Gasteiger partial charge in [0.2, 0.25) is 5.91 Å². The first kappa shape index (κ1) is 18.1. The number of benzene rings is 1. The molecule has 0 aliphatic carbocycles. The monoisotopic (exact) mass is 390 g/mol. The van der Waals surface area contributed by atoms with Gasteiger partial charge in [-0.2, -0.15) is 0 Å². The van der Waals surface area contributed by atoms with Gasteiger partial charge >= 0.3 is 0 Å². The van der Waals surface area contributed by atoms with Gasteiger partial charge in [-0.05, 0) is 42.7 Å². The van der Waals surface area contributed by atoms with Crippen LogP contribution in [0.25, 0.3) is 21.3 Å². The Bertz CT molecular complexity index is 1230. The van der Waals surface area contributed by atoms with E-state index in [-0.39, 0.29) is 18.0 Å². The average molecular weight is 390 g/mol. The number of nitrogens with one attached hydrogen (secondary N) is 1. The summed E-state index contributed by atoms with van der Waals surface area (Å²) in [5.74, 6) is 0.117. The van der Waals surface area contributed by atoms with E-state index in [1.165, 1.54) is 27.8 Å². The third kappa shape index (κ3) is 3.44. The number of pyridine rings is 1. The number of fused-ring (bicyclic) bond motifs is 1. The van der Waals surface area contributed by atoms with Crippen LogP contribution >= 0.6 is 11.3 Å². The molecule has 7 heteroatoms. The third-order valence-corrected chi connectivity index (χ3v) is 5.51. The summed E-state index contributed by atoms with van der Waals surface area (Å²) in [6.45, 7) is 3.98. The Morgan fingerprint density at radius 1 is 1.14 bits per heavy atom. The van der Waals surface area contributed by atoms with E-state index in [0.717, 1.165) is 16.7 Å². The van der Waals surface area contributed by atoms with Gasteiger partial charge in [0.1, 0.15) is 17.2 Å². The van der Waals surface area contributed by atoms with Gasteiger partial charge in [0.25, 0.3) is 5.56 Å². The zero-order valence-electron chi connectivity index (χ0n) is 15.5. The molecule has 0 spiro atoms. The van der Waals surface area contributed by atoms with Crippen molar-refractivity contribution in [3.8, 4) is 11.1 Å². The Balaban J connectivity index is 1.69. The van der Waals surface area contributed by atoms with Gasteiger partial charge in [-0.25, -0.2) is 9.97 Å². The fraction of sp³-hybridized carbons (Fsp3) is 0.143. The summed E-state index contributed by atoms with van der Waals surface area (Å²) in [5, 5.41) is 5.17. The number of carbonyl (C=O) groups excluding carboxylic acids is 1. The van der Waals surface area contributed by atoms with Gasteiger partial charge < -0.3 is 5.32 Å². The Labute approximate surface area is 165 Å². The summed E-state index contributed by atoms with van der Waals surface area (Å²) >= 11 is 1.43. The SMILES string of the molecule is Cc1ccc(-c2csc3ncn(CC(=O)Nc4ccccn4)c(=O)c23)cc1C. The summed E-state index contributed by atoms with van der Waals surface area (Å²) in [4.78, 5) is 34.5. The molecule has 1 aromatic carbocycles. The lowest BCUT2D eigenvalue weighted by atomic mass is 10.0. The first-order valence-corrected chi connectivity index (χ1v) is 9.66. The van der Waals surface area contributed by atoms with E-state index in [1.807, 2.05) is 24.4 Å². The van der Waals surface area contributed by atoms with Crippen molar-refractivity contribution in [1.82, 2.24) is 14.5 Å². The number of amides is 1. The molecule has 4 aromatic rings. The maximum atomic E-state index is 13.1. The van der Waals surface area contributed by atoms with Crippen LogP contribution in [0.4, 0.5) is 5.82 Å². The molecule has 140 valence electrons. The molecule has 28 heavy (non-hydrogen) atoms. The highest BCUT2D eigenvalue weighted by Gasteiger charge is 2.15. The van der Waals surface area contributed by atoms with Crippen molar-refractivity contribution >= 4 is 33.3 Å². The first-order valence-electron chi connectivity index (χ1n) is 8.78. The van der Waals surface area contributed by atoms with Gasteiger partial charge in [0, 0.05) is 17.1 Å². The summed E-state index contributed by atoms with van der Waals surface area (Å²) in [7, 11) is 0. The molecule has 0 atom stereocenters. The third-order valence-electron chi connectivity index (χ3n) is 4.62. The minimum Gasteiger partial charge on any atom is -0.309 e. The molecule has 0 aliphatic rings. The molecule has 1 N–H and O–H groups in total. The minimum absolute atomic E-state index is 0.124. The lowest BCUT2D eigenvalue weighted by Crippen LogP contribution is -2.28. The molecule has 3 heterocycles. The van der Waals surface area contributed by atoms with Crippen molar-refractivity contribution in [3.05, 3.63) is 75.8 Å². The van der Waals surface area contributed by atoms with Gasteiger partial charge in [-0.3, -0.25) is 14.2 Å². The second-order valence-corrected chi connectivity index (χ2v) is 7.43. The molecule has 3 aromatic heterocycles. The Kier molecular flexibility index (Phi) is 4.75. The fourth-order valence-electron chi connectivity index (χ4n) is 2.98. The lowest BCUT2D eigenvalue weighted by Gasteiger charge is -2.08. The van der Waals surface area contributed by atoms with Crippen molar-refractivity contribution in [2.75, 3.05) is 5.32 Å². The van der Waals surface area contributed by atoms with E-state index >= 15 is 0 Å². The van der Waals surface area contributed by atoms with Crippen LogP contribution in [0.2, 0.25) is 0 Å². The van der Waals surface area contributed by atoms with E-state index in [0.29, 0.717) is 16.0 Å². The van der Waals surface area contributed by atoms with Crippen molar-refractivity contribution in [2.24, 2.45) is 0 Å². The van der Waals surface area contributed by atoms with Crippen LogP contribution in [0.15, 0.2) is 59.1 Å². The normalized spacial score (nSPS) is 10.9. The maximum absolute atomic E-state index is 13.1. The number of aromatic nitrogens is 3. The molecule has 6 nitrogen and oxygen atoms in total. The van der Waals surface area contributed by atoms with Crippen LogP contribution in [-0.2, 0) is 11.3 Å². The number of aryl methyl sites for hydroxylation is 2. The van der Waals surface area contributed by atoms with Crippen LogP contribution in [0.1, 0.15) is 11.1 Å². The summed E-state index contributed by atoms with van der Waals surface area (Å²) in [6, 6.07) is 11.4. The number of hydrogen-bond acceptors (Lipinski definition) is 5. The van der Waals surface area contributed by atoms with E-state index < -0.39 is 0 Å². The number of anilines is 1. The molecule has 0 radical (unpaired) electrons. The standard InChI is InChI=1S/C21H18N4O2S/c1-13-6-7-15(9-14(13)2)16-11-28-20-19(16)21(27)25(12-23-20)10-18(26)24-17-5-3-4-8-22-17/h3-9,11-12H,10H2,1-2H3,(H,22,24,26). The molecule has 0 saturated carbocycles. The Morgan fingerprint density at radius 3 is 2.75 bits per heavy atom. The number of thiophene rings is 1. The van der Waals surface area contributed by atoms with Crippen molar-refractivity contribution in [1.29, 1.82) is 0 Å². The quantitative estimate of drug-likeness (QED) is 0.575. The van der Waals surface area contributed by atoms with Crippen molar-refractivity contribution < 1.29 is 4.79 Å². The Hall–Kier alpha value is -3.32. The molecule has 0 fully saturated rings. The minimum atomic E-state index is -0.329. The van der Waals surface area contributed by atoms with Crippen molar-refractivity contribution in [2.45, 2.75) is 20.4 Å². The number of hydrogen-bond donors (Lipinski definition) is 1. The lowest BCUT2D eigenvalue weighted by molar-refractivity contribution is -0.116. The molecular weight excluding hydrogens is 372 g/mol. The molecule has 0 aliphatic heterocycles.